The molecule has 0 aliphatic rings. The third-order valence-electron chi connectivity index (χ3n) is 4.54. The van der Waals surface area contributed by atoms with Gasteiger partial charge in [0.2, 0.25) is 5.76 Å². The van der Waals surface area contributed by atoms with E-state index in [0.29, 0.717) is 10.9 Å². The molecular formula is C23H16O6. The number of Topliss-reactive ketones (excluding diaryl/α,β-unsaturated/α-hetero) is 1. The Morgan fingerprint density at radius 1 is 0.931 bits per heavy atom. The number of ketones is 1. The molecule has 0 radical (unpaired) electrons. The standard InChI is InChI=1S/C23H16O6/c1-27-17-9-8-14-10-16(7-6-15(14)11-17)20(25)13-28-23(26)22-12-19(24)18-4-2-3-5-21(18)29-22/h2-12H,13H2,1H3. The molecule has 0 spiro atoms. The Morgan fingerprint density at radius 2 is 1.69 bits per heavy atom. The summed E-state index contributed by atoms with van der Waals surface area (Å²) in [6, 6.07) is 18.4. The number of rotatable bonds is 5. The number of carbonyl (C=O) groups excluding carboxylic acids is 2. The summed E-state index contributed by atoms with van der Waals surface area (Å²) in [5.74, 6) is -0.750. The molecule has 0 N–H and O–H groups in total. The van der Waals surface area contributed by atoms with Gasteiger partial charge in [0, 0.05) is 11.6 Å². The molecule has 6 nitrogen and oxygen atoms in total. The van der Waals surface area contributed by atoms with Crippen LogP contribution in [0.1, 0.15) is 20.9 Å². The number of methoxy groups -OCH3 is 1. The van der Waals surface area contributed by atoms with E-state index in [1.807, 2.05) is 12.1 Å². The second-order valence-electron chi connectivity index (χ2n) is 6.40. The number of fused-ring (bicyclic) bond motifs is 2. The lowest BCUT2D eigenvalue weighted by atomic mass is 10.0. The first-order valence-corrected chi connectivity index (χ1v) is 8.86. The number of hydrogen-bond acceptors (Lipinski definition) is 6. The second kappa shape index (κ2) is 7.59. The summed E-state index contributed by atoms with van der Waals surface area (Å²) in [6.45, 7) is -0.461. The van der Waals surface area contributed by atoms with Crippen molar-refractivity contribution in [2.24, 2.45) is 0 Å². The number of ether oxygens (including phenoxy) is 2. The molecule has 3 aromatic carbocycles. The normalized spacial score (nSPS) is 10.8. The molecule has 0 amide bonds. The first-order chi connectivity index (χ1) is 14.0. The quantitative estimate of drug-likeness (QED) is 0.380. The molecule has 1 heterocycles. The van der Waals surface area contributed by atoms with Crippen LogP contribution in [-0.2, 0) is 4.74 Å². The van der Waals surface area contributed by atoms with Gasteiger partial charge < -0.3 is 13.9 Å². The average molecular weight is 388 g/mol. The molecule has 0 bridgehead atoms. The smallest absolute Gasteiger partial charge is 0.374 e. The van der Waals surface area contributed by atoms with Gasteiger partial charge in [-0.25, -0.2) is 4.79 Å². The van der Waals surface area contributed by atoms with E-state index in [0.717, 1.165) is 22.6 Å². The zero-order valence-electron chi connectivity index (χ0n) is 15.5. The molecule has 0 atom stereocenters. The molecular weight excluding hydrogens is 372 g/mol. The van der Waals surface area contributed by atoms with Crippen molar-refractivity contribution >= 4 is 33.5 Å². The Labute approximate surface area is 165 Å². The van der Waals surface area contributed by atoms with Gasteiger partial charge in [-0.05, 0) is 41.1 Å². The van der Waals surface area contributed by atoms with Gasteiger partial charge in [-0.2, -0.15) is 0 Å². The molecule has 29 heavy (non-hydrogen) atoms. The van der Waals surface area contributed by atoms with Crippen LogP contribution in [0.25, 0.3) is 21.7 Å². The van der Waals surface area contributed by atoms with E-state index < -0.39 is 12.6 Å². The van der Waals surface area contributed by atoms with Gasteiger partial charge in [-0.15, -0.1) is 0 Å². The maximum atomic E-state index is 12.4. The highest BCUT2D eigenvalue weighted by Gasteiger charge is 2.16. The number of esters is 1. The molecule has 0 aliphatic heterocycles. The molecule has 0 aliphatic carbocycles. The summed E-state index contributed by atoms with van der Waals surface area (Å²) in [7, 11) is 1.59. The van der Waals surface area contributed by atoms with Crippen molar-refractivity contribution in [2.75, 3.05) is 13.7 Å². The predicted octanol–water partition coefficient (Wildman–Crippen LogP) is 3.99. The van der Waals surface area contributed by atoms with Crippen molar-refractivity contribution in [1.82, 2.24) is 0 Å². The van der Waals surface area contributed by atoms with Crippen LogP contribution in [0, 0.1) is 0 Å². The summed E-state index contributed by atoms with van der Waals surface area (Å²) < 4.78 is 15.7. The van der Waals surface area contributed by atoms with Gasteiger partial charge in [0.1, 0.15) is 11.3 Å². The van der Waals surface area contributed by atoms with E-state index in [9.17, 15) is 14.4 Å². The van der Waals surface area contributed by atoms with Crippen LogP contribution in [-0.4, -0.2) is 25.5 Å². The zero-order valence-corrected chi connectivity index (χ0v) is 15.5. The van der Waals surface area contributed by atoms with E-state index in [1.165, 1.54) is 0 Å². The second-order valence-corrected chi connectivity index (χ2v) is 6.40. The summed E-state index contributed by atoms with van der Waals surface area (Å²) >= 11 is 0. The van der Waals surface area contributed by atoms with Gasteiger partial charge in [-0.3, -0.25) is 9.59 Å². The van der Waals surface area contributed by atoms with Gasteiger partial charge in [0.05, 0.1) is 12.5 Å². The van der Waals surface area contributed by atoms with Gasteiger partial charge in [0.15, 0.2) is 17.8 Å². The summed E-state index contributed by atoms with van der Waals surface area (Å²) in [6.07, 6.45) is 0. The highest BCUT2D eigenvalue weighted by atomic mass is 16.5. The minimum atomic E-state index is -0.869. The van der Waals surface area contributed by atoms with E-state index in [2.05, 4.69) is 0 Å². The van der Waals surface area contributed by atoms with Crippen molar-refractivity contribution in [1.29, 1.82) is 0 Å². The molecule has 0 saturated carbocycles. The predicted molar refractivity (Wildman–Crippen MR) is 108 cm³/mol. The van der Waals surface area contributed by atoms with Crippen molar-refractivity contribution in [3.63, 3.8) is 0 Å². The summed E-state index contributed by atoms with van der Waals surface area (Å²) in [4.78, 5) is 36.8. The molecule has 144 valence electrons. The van der Waals surface area contributed by atoms with Crippen LogP contribution in [0.15, 0.2) is 75.9 Å². The van der Waals surface area contributed by atoms with E-state index in [1.54, 1.807) is 55.6 Å². The fourth-order valence-electron chi connectivity index (χ4n) is 3.01. The lowest BCUT2D eigenvalue weighted by Gasteiger charge is -2.07. The Bertz CT molecular complexity index is 1300. The minimum absolute atomic E-state index is 0.243. The lowest BCUT2D eigenvalue weighted by molar-refractivity contribution is 0.0444. The largest absolute Gasteiger partial charge is 0.497 e. The van der Waals surface area contributed by atoms with Gasteiger partial charge in [0.25, 0.3) is 0 Å². The van der Waals surface area contributed by atoms with E-state index >= 15 is 0 Å². The number of hydrogen-bond donors (Lipinski definition) is 0. The first kappa shape index (κ1) is 18.4. The summed E-state index contributed by atoms with van der Waals surface area (Å²) in [5, 5.41) is 2.16. The van der Waals surface area contributed by atoms with Crippen LogP contribution in [0.5, 0.6) is 5.75 Å². The van der Waals surface area contributed by atoms with Crippen molar-refractivity contribution in [3.8, 4) is 5.75 Å². The third kappa shape index (κ3) is 3.73. The van der Waals surface area contributed by atoms with Crippen LogP contribution < -0.4 is 10.2 Å². The molecule has 1 aromatic heterocycles. The monoisotopic (exact) mass is 388 g/mol. The molecule has 0 fully saturated rings. The summed E-state index contributed by atoms with van der Waals surface area (Å²) in [5.41, 5.74) is 0.341. The first-order valence-electron chi connectivity index (χ1n) is 8.86. The molecule has 6 heteroatoms. The zero-order chi connectivity index (χ0) is 20.4. The fraction of sp³-hybridized carbons (Fsp3) is 0.0870. The van der Waals surface area contributed by atoms with Crippen molar-refractivity contribution in [2.45, 2.75) is 0 Å². The molecule has 4 aromatic rings. The fourth-order valence-corrected chi connectivity index (χ4v) is 3.01. The van der Waals surface area contributed by atoms with Crippen LogP contribution in [0.3, 0.4) is 0 Å². The number of para-hydroxylation sites is 1. The van der Waals surface area contributed by atoms with Crippen LogP contribution in [0.4, 0.5) is 0 Å². The lowest BCUT2D eigenvalue weighted by Crippen LogP contribution is -2.16. The Balaban J connectivity index is 1.50. The third-order valence-corrected chi connectivity index (χ3v) is 4.54. The van der Waals surface area contributed by atoms with Gasteiger partial charge in [-0.1, -0.05) is 30.3 Å². The number of carbonyl (C=O) groups is 2. The maximum Gasteiger partial charge on any atom is 0.374 e. The van der Waals surface area contributed by atoms with Crippen LogP contribution >= 0.6 is 0 Å². The Kier molecular flexibility index (Phi) is 4.83. The Morgan fingerprint density at radius 3 is 2.52 bits per heavy atom. The minimum Gasteiger partial charge on any atom is -0.497 e. The van der Waals surface area contributed by atoms with E-state index in [-0.39, 0.29) is 22.6 Å². The van der Waals surface area contributed by atoms with E-state index in [4.69, 9.17) is 13.9 Å². The van der Waals surface area contributed by atoms with Gasteiger partial charge >= 0.3 is 5.97 Å². The van der Waals surface area contributed by atoms with Crippen LogP contribution in [0.2, 0.25) is 0 Å². The highest BCUT2D eigenvalue weighted by molar-refractivity contribution is 6.02. The topological polar surface area (TPSA) is 82.8 Å². The average Bonchev–Trinajstić information content (AvgIpc) is 2.76. The SMILES string of the molecule is COc1ccc2cc(C(=O)COC(=O)c3cc(=O)c4ccccc4o3)ccc2c1. The maximum absolute atomic E-state index is 12.4. The molecule has 0 saturated heterocycles. The Hall–Kier alpha value is -3.93. The van der Waals surface area contributed by atoms with Crippen molar-refractivity contribution < 1.29 is 23.5 Å². The number of benzene rings is 3. The van der Waals surface area contributed by atoms with Crippen molar-refractivity contribution in [3.05, 3.63) is 88.3 Å². The molecule has 4 rings (SSSR count). The molecule has 0 unspecified atom stereocenters. The highest BCUT2D eigenvalue weighted by Crippen LogP contribution is 2.22.